The highest BCUT2D eigenvalue weighted by molar-refractivity contribution is 9.10. The zero-order valence-corrected chi connectivity index (χ0v) is 6.00. The predicted molar refractivity (Wildman–Crippen MR) is 33.6 cm³/mol. The van der Waals surface area contributed by atoms with E-state index in [1.54, 1.807) is 6.07 Å². The Morgan fingerprint density at radius 3 is 2.33 bits per heavy atom. The minimum absolute atomic E-state index is 0.141. The van der Waals surface area contributed by atoms with Crippen molar-refractivity contribution in [3.8, 4) is 0 Å². The fourth-order valence-corrected chi connectivity index (χ4v) is 0.786. The van der Waals surface area contributed by atoms with E-state index >= 15 is 0 Å². The highest BCUT2D eigenvalue weighted by Crippen LogP contribution is 2.17. The minimum Gasteiger partial charge on any atom is -0.449 e. The first-order valence-corrected chi connectivity index (χ1v) is 3.11. The highest BCUT2D eigenvalue weighted by Gasteiger charge is 2.05. The molecule has 0 bridgehead atoms. The van der Waals surface area contributed by atoms with Gasteiger partial charge in [-0.05, 0) is 28.1 Å². The standard InChI is InChI=1S/C5H5BrO3/c6-4-2-1-3(9-4)5(7)8/h1-2,5,7-8H. The summed E-state index contributed by atoms with van der Waals surface area (Å²) in [5.74, 6) is 0.141. The number of halogens is 1. The molecule has 1 heterocycles. The van der Waals surface area contributed by atoms with E-state index in [0.717, 1.165) is 0 Å². The number of hydrogen-bond acceptors (Lipinski definition) is 3. The van der Waals surface area contributed by atoms with Crippen LogP contribution in [0.2, 0.25) is 0 Å². The summed E-state index contributed by atoms with van der Waals surface area (Å²) < 4.78 is 5.25. The zero-order chi connectivity index (χ0) is 6.85. The summed E-state index contributed by atoms with van der Waals surface area (Å²) in [6, 6.07) is 3.07. The van der Waals surface area contributed by atoms with Crippen molar-refractivity contribution in [3.05, 3.63) is 22.6 Å². The van der Waals surface area contributed by atoms with E-state index in [9.17, 15) is 0 Å². The molecule has 0 aliphatic heterocycles. The van der Waals surface area contributed by atoms with Gasteiger partial charge in [-0.2, -0.15) is 0 Å². The molecule has 9 heavy (non-hydrogen) atoms. The van der Waals surface area contributed by atoms with Crippen LogP contribution in [0.5, 0.6) is 0 Å². The Morgan fingerprint density at radius 1 is 1.44 bits per heavy atom. The van der Waals surface area contributed by atoms with E-state index in [-0.39, 0.29) is 5.76 Å². The third-order valence-electron chi connectivity index (χ3n) is 0.848. The SMILES string of the molecule is OC(O)c1ccc(Br)o1. The van der Waals surface area contributed by atoms with Gasteiger partial charge in [0.15, 0.2) is 10.4 Å². The third kappa shape index (κ3) is 1.54. The third-order valence-corrected chi connectivity index (χ3v) is 1.27. The molecule has 0 amide bonds. The first-order chi connectivity index (χ1) is 4.20. The van der Waals surface area contributed by atoms with Crippen LogP contribution < -0.4 is 0 Å². The van der Waals surface area contributed by atoms with Crippen molar-refractivity contribution in [2.45, 2.75) is 6.29 Å². The van der Waals surface area contributed by atoms with Gasteiger partial charge in [-0.25, -0.2) is 0 Å². The largest absolute Gasteiger partial charge is 0.449 e. The topological polar surface area (TPSA) is 53.6 Å². The van der Waals surface area contributed by atoms with Crippen molar-refractivity contribution in [1.82, 2.24) is 0 Å². The van der Waals surface area contributed by atoms with Crippen molar-refractivity contribution in [2.24, 2.45) is 0 Å². The van der Waals surface area contributed by atoms with Crippen LogP contribution in [0.4, 0.5) is 0 Å². The van der Waals surface area contributed by atoms with Crippen molar-refractivity contribution in [2.75, 3.05) is 0 Å². The van der Waals surface area contributed by atoms with Gasteiger partial charge in [-0.1, -0.05) is 0 Å². The number of hydrogen-bond donors (Lipinski definition) is 2. The van der Waals surface area contributed by atoms with E-state index in [1.165, 1.54) is 6.07 Å². The average molecular weight is 193 g/mol. The van der Waals surface area contributed by atoms with E-state index < -0.39 is 6.29 Å². The lowest BCUT2D eigenvalue weighted by Gasteiger charge is -1.94. The second kappa shape index (κ2) is 2.51. The summed E-state index contributed by atoms with van der Waals surface area (Å²) in [5, 5.41) is 17.0. The molecule has 1 aromatic heterocycles. The predicted octanol–water partition coefficient (Wildman–Crippen LogP) is 1.03. The maximum absolute atomic E-state index is 8.48. The van der Waals surface area contributed by atoms with Crippen LogP contribution in [0.1, 0.15) is 12.1 Å². The second-order valence-electron chi connectivity index (χ2n) is 1.52. The molecule has 50 valence electrons. The van der Waals surface area contributed by atoms with Gasteiger partial charge >= 0.3 is 0 Å². The fraction of sp³-hybridized carbons (Fsp3) is 0.200. The molecule has 0 aliphatic carbocycles. The van der Waals surface area contributed by atoms with Crippen molar-refractivity contribution < 1.29 is 14.6 Å². The Balaban J connectivity index is 2.85. The molecule has 4 heteroatoms. The molecule has 2 N–H and O–H groups in total. The molecule has 0 aliphatic rings. The molecule has 3 nitrogen and oxygen atoms in total. The van der Waals surface area contributed by atoms with Crippen LogP contribution in [0.25, 0.3) is 0 Å². The summed E-state index contributed by atoms with van der Waals surface area (Å²) in [5.41, 5.74) is 0. The Labute approximate surface area is 60.0 Å². The van der Waals surface area contributed by atoms with Crippen LogP contribution in [-0.4, -0.2) is 10.2 Å². The smallest absolute Gasteiger partial charge is 0.212 e. The van der Waals surface area contributed by atoms with Gasteiger partial charge < -0.3 is 14.6 Å². The molecule has 0 saturated carbocycles. The maximum Gasteiger partial charge on any atom is 0.212 e. The molecule has 1 rings (SSSR count). The summed E-state index contributed by atoms with van der Waals surface area (Å²) in [6.07, 6.45) is -1.52. The molecular formula is C5H5BrO3. The summed E-state index contributed by atoms with van der Waals surface area (Å²) in [6.45, 7) is 0. The lowest BCUT2D eigenvalue weighted by molar-refractivity contribution is -0.0585. The Hall–Kier alpha value is -0.320. The number of rotatable bonds is 1. The van der Waals surface area contributed by atoms with Crippen molar-refractivity contribution in [1.29, 1.82) is 0 Å². The first kappa shape index (κ1) is 6.80. The molecule has 0 radical (unpaired) electrons. The minimum atomic E-state index is -1.52. The zero-order valence-electron chi connectivity index (χ0n) is 4.41. The number of aliphatic hydroxyl groups is 2. The number of furan rings is 1. The summed E-state index contributed by atoms with van der Waals surface area (Å²) in [7, 11) is 0. The Kier molecular flexibility index (Phi) is 1.90. The molecule has 0 aromatic carbocycles. The lowest BCUT2D eigenvalue weighted by atomic mass is 10.4. The molecule has 0 saturated heterocycles. The fourth-order valence-electron chi connectivity index (χ4n) is 0.467. The van der Waals surface area contributed by atoms with Crippen LogP contribution in [0.3, 0.4) is 0 Å². The van der Waals surface area contributed by atoms with Gasteiger partial charge in [0.1, 0.15) is 0 Å². The average Bonchev–Trinajstić information content (AvgIpc) is 2.14. The van der Waals surface area contributed by atoms with Crippen molar-refractivity contribution in [3.63, 3.8) is 0 Å². The van der Waals surface area contributed by atoms with E-state index in [0.29, 0.717) is 4.67 Å². The van der Waals surface area contributed by atoms with Crippen LogP contribution >= 0.6 is 15.9 Å². The first-order valence-electron chi connectivity index (χ1n) is 2.31. The Morgan fingerprint density at radius 2 is 2.11 bits per heavy atom. The van der Waals surface area contributed by atoms with Gasteiger partial charge in [-0.15, -0.1) is 0 Å². The maximum atomic E-state index is 8.48. The molecular weight excluding hydrogens is 188 g/mol. The number of aliphatic hydroxyl groups excluding tert-OH is 1. The summed E-state index contributed by atoms with van der Waals surface area (Å²) in [4.78, 5) is 0. The highest BCUT2D eigenvalue weighted by atomic mass is 79.9. The second-order valence-corrected chi connectivity index (χ2v) is 2.30. The van der Waals surface area contributed by atoms with Crippen molar-refractivity contribution >= 4 is 15.9 Å². The van der Waals surface area contributed by atoms with Gasteiger partial charge in [0.2, 0.25) is 6.29 Å². The van der Waals surface area contributed by atoms with E-state index in [1.807, 2.05) is 0 Å². The van der Waals surface area contributed by atoms with E-state index in [4.69, 9.17) is 14.6 Å². The quantitative estimate of drug-likeness (QED) is 0.654. The molecule has 0 unspecified atom stereocenters. The van der Waals surface area contributed by atoms with Crippen LogP contribution in [-0.2, 0) is 0 Å². The Bertz CT molecular complexity index is 194. The van der Waals surface area contributed by atoms with Gasteiger partial charge in [-0.3, -0.25) is 0 Å². The molecule has 0 fully saturated rings. The summed E-state index contributed by atoms with van der Waals surface area (Å²) >= 11 is 3.01. The monoisotopic (exact) mass is 192 g/mol. The van der Waals surface area contributed by atoms with Gasteiger partial charge in [0.25, 0.3) is 0 Å². The van der Waals surface area contributed by atoms with Crippen LogP contribution in [0, 0.1) is 0 Å². The van der Waals surface area contributed by atoms with Gasteiger partial charge in [0.05, 0.1) is 0 Å². The van der Waals surface area contributed by atoms with E-state index in [2.05, 4.69) is 15.9 Å². The molecule has 0 spiro atoms. The van der Waals surface area contributed by atoms with Gasteiger partial charge in [0, 0.05) is 0 Å². The lowest BCUT2D eigenvalue weighted by Crippen LogP contribution is -1.90. The molecule has 1 aromatic rings. The van der Waals surface area contributed by atoms with Crippen LogP contribution in [0.15, 0.2) is 21.2 Å². The normalized spacial score (nSPS) is 10.7. The molecule has 0 atom stereocenters.